The zero-order valence-electron chi connectivity index (χ0n) is 28.0. The van der Waals surface area contributed by atoms with Gasteiger partial charge in [0, 0.05) is 28.5 Å². The molecule has 6 rings (SSSR count). The number of hydrogen-bond acceptors (Lipinski definition) is 3. The number of para-hydroxylation sites is 1. The van der Waals surface area contributed by atoms with Crippen LogP contribution in [0.5, 0.6) is 5.75 Å². The van der Waals surface area contributed by atoms with E-state index in [-0.39, 0.29) is 16.6 Å². The van der Waals surface area contributed by atoms with Crippen LogP contribution in [0.1, 0.15) is 58.2 Å². The topological polar surface area (TPSA) is 46.0 Å². The quantitative estimate of drug-likeness (QED) is 0.197. The molecule has 0 atom stereocenters. The molecule has 232 valence electrons. The lowest BCUT2D eigenvalue weighted by Gasteiger charge is -2.26. The van der Waals surface area contributed by atoms with Crippen molar-refractivity contribution in [2.24, 2.45) is 0 Å². The maximum atomic E-state index is 10.9. The zero-order valence-corrected chi connectivity index (χ0v) is 28.0. The number of nitrogens with zero attached hydrogens (tertiary/aromatic N) is 2. The SMILES string of the molecule is C#Cc1cccc(-c2ccnc(-c3cccc(-c4cc(-c5cc(C(C)(C)C)cc(C(C)(C)C)c5)cc(-c5ccccc5O)n4)c3)c2)c1. The summed E-state index contributed by atoms with van der Waals surface area (Å²) in [6.07, 6.45) is 7.50. The van der Waals surface area contributed by atoms with E-state index in [0.29, 0.717) is 11.3 Å². The first-order chi connectivity index (χ1) is 22.4. The highest BCUT2D eigenvalue weighted by Gasteiger charge is 2.22. The van der Waals surface area contributed by atoms with E-state index < -0.39 is 0 Å². The minimum Gasteiger partial charge on any atom is -0.507 e. The minimum atomic E-state index is -0.0234. The summed E-state index contributed by atoms with van der Waals surface area (Å²) in [6.45, 7) is 13.5. The Morgan fingerprint density at radius 2 is 1.11 bits per heavy atom. The summed E-state index contributed by atoms with van der Waals surface area (Å²) in [5.41, 5.74) is 12.7. The zero-order chi connectivity index (χ0) is 33.3. The first-order valence-electron chi connectivity index (χ1n) is 16.0. The smallest absolute Gasteiger partial charge is 0.124 e. The summed E-state index contributed by atoms with van der Waals surface area (Å²) in [7, 11) is 0. The third kappa shape index (κ3) is 6.88. The number of aromatic nitrogens is 2. The Balaban J connectivity index is 1.51. The van der Waals surface area contributed by atoms with Crippen molar-refractivity contribution in [1.29, 1.82) is 0 Å². The molecule has 0 saturated heterocycles. The van der Waals surface area contributed by atoms with Gasteiger partial charge in [0.1, 0.15) is 5.75 Å². The van der Waals surface area contributed by atoms with Crippen LogP contribution in [0.15, 0.2) is 121 Å². The summed E-state index contributed by atoms with van der Waals surface area (Å²) in [5, 5.41) is 10.9. The number of aromatic hydroxyl groups is 1. The van der Waals surface area contributed by atoms with Crippen LogP contribution in [-0.2, 0) is 10.8 Å². The maximum Gasteiger partial charge on any atom is 0.124 e. The highest BCUT2D eigenvalue weighted by molar-refractivity contribution is 5.81. The molecule has 0 aliphatic heterocycles. The van der Waals surface area contributed by atoms with Crippen molar-refractivity contribution >= 4 is 0 Å². The molecule has 0 bridgehead atoms. The van der Waals surface area contributed by atoms with Crippen LogP contribution in [0, 0.1) is 12.3 Å². The van der Waals surface area contributed by atoms with Crippen molar-refractivity contribution in [1.82, 2.24) is 9.97 Å². The molecule has 0 fully saturated rings. The van der Waals surface area contributed by atoms with Gasteiger partial charge in [0.2, 0.25) is 0 Å². The molecule has 3 nitrogen and oxygen atoms in total. The van der Waals surface area contributed by atoms with Gasteiger partial charge in [-0.05, 0) is 98.8 Å². The fourth-order valence-electron chi connectivity index (χ4n) is 5.73. The fourth-order valence-corrected chi connectivity index (χ4v) is 5.73. The van der Waals surface area contributed by atoms with Gasteiger partial charge in [0.25, 0.3) is 0 Å². The highest BCUT2D eigenvalue weighted by Crippen LogP contribution is 2.38. The molecule has 3 heteroatoms. The molecule has 0 aliphatic rings. The van der Waals surface area contributed by atoms with E-state index in [1.807, 2.05) is 54.7 Å². The predicted molar refractivity (Wildman–Crippen MR) is 196 cm³/mol. The Labute approximate surface area is 279 Å². The van der Waals surface area contributed by atoms with Crippen LogP contribution in [0.25, 0.3) is 56.0 Å². The number of terminal acetylenes is 1. The van der Waals surface area contributed by atoms with Crippen LogP contribution in [0.2, 0.25) is 0 Å². The first-order valence-corrected chi connectivity index (χ1v) is 16.0. The van der Waals surface area contributed by atoms with Gasteiger partial charge in [-0.2, -0.15) is 0 Å². The van der Waals surface area contributed by atoms with Gasteiger partial charge >= 0.3 is 0 Å². The number of hydrogen-bond donors (Lipinski definition) is 1. The second-order valence-electron chi connectivity index (χ2n) is 14.2. The Bertz CT molecular complexity index is 2100. The lowest BCUT2D eigenvalue weighted by Crippen LogP contribution is -2.16. The first kappa shape index (κ1) is 31.5. The van der Waals surface area contributed by atoms with Crippen LogP contribution >= 0.6 is 0 Å². The molecular weight excluding hydrogens is 572 g/mol. The van der Waals surface area contributed by atoms with E-state index in [2.05, 4.69) is 108 Å². The van der Waals surface area contributed by atoms with E-state index in [9.17, 15) is 5.11 Å². The number of phenols is 1. The molecule has 4 aromatic carbocycles. The average Bonchev–Trinajstić information content (AvgIpc) is 3.07. The molecule has 6 aromatic rings. The Morgan fingerprint density at radius 1 is 0.532 bits per heavy atom. The Morgan fingerprint density at radius 3 is 1.79 bits per heavy atom. The molecule has 0 unspecified atom stereocenters. The van der Waals surface area contributed by atoms with Gasteiger partial charge in [-0.15, -0.1) is 6.42 Å². The second-order valence-corrected chi connectivity index (χ2v) is 14.2. The largest absolute Gasteiger partial charge is 0.507 e. The van der Waals surface area contributed by atoms with Crippen molar-refractivity contribution in [3.05, 3.63) is 138 Å². The average molecular weight is 613 g/mol. The standard InChI is InChI=1S/C44H40N2O/c1-8-29-13-11-14-30(21-29)31-19-20-45-39(25-31)32-15-12-16-33(22-32)40-26-35(27-41(46-40)38-17-9-10-18-42(38)47)34-23-36(43(2,3)4)28-37(24-34)44(5,6)7/h1,9-28,47H,2-7H3. The van der Waals surface area contributed by atoms with Crippen LogP contribution in [-0.4, -0.2) is 15.1 Å². The molecule has 0 amide bonds. The van der Waals surface area contributed by atoms with Crippen molar-refractivity contribution in [3.63, 3.8) is 0 Å². The van der Waals surface area contributed by atoms with Gasteiger partial charge < -0.3 is 5.11 Å². The van der Waals surface area contributed by atoms with Crippen LogP contribution < -0.4 is 0 Å². The number of benzene rings is 4. The van der Waals surface area contributed by atoms with Gasteiger partial charge in [0.15, 0.2) is 0 Å². The van der Waals surface area contributed by atoms with Gasteiger partial charge in [-0.25, -0.2) is 4.98 Å². The third-order valence-electron chi connectivity index (χ3n) is 8.58. The van der Waals surface area contributed by atoms with Gasteiger partial charge in [-0.3, -0.25) is 4.98 Å². The maximum absolute atomic E-state index is 10.9. The molecule has 2 aromatic heterocycles. The number of rotatable bonds is 5. The second kappa shape index (κ2) is 12.4. The van der Waals surface area contributed by atoms with Crippen molar-refractivity contribution in [2.45, 2.75) is 52.4 Å². The van der Waals surface area contributed by atoms with Gasteiger partial charge in [-0.1, -0.05) is 108 Å². The van der Waals surface area contributed by atoms with Crippen LogP contribution in [0.3, 0.4) is 0 Å². The molecule has 0 saturated carbocycles. The molecular formula is C44H40N2O. The summed E-state index contributed by atoms with van der Waals surface area (Å²) in [5.74, 6) is 2.93. The lowest BCUT2D eigenvalue weighted by molar-refractivity contribution is 0.477. The normalized spacial score (nSPS) is 11.7. The molecule has 0 spiro atoms. The third-order valence-corrected chi connectivity index (χ3v) is 8.58. The van der Waals surface area contributed by atoms with E-state index in [4.69, 9.17) is 16.4 Å². The Kier molecular flexibility index (Phi) is 8.31. The summed E-state index contributed by atoms with van der Waals surface area (Å²) in [4.78, 5) is 9.85. The summed E-state index contributed by atoms with van der Waals surface area (Å²) in [6, 6.07) is 39.0. The Hall–Kier alpha value is -5.46. The number of pyridine rings is 2. The minimum absolute atomic E-state index is 0.0234. The molecule has 1 N–H and O–H groups in total. The molecule has 0 aliphatic carbocycles. The monoisotopic (exact) mass is 612 g/mol. The molecule has 47 heavy (non-hydrogen) atoms. The van der Waals surface area contributed by atoms with Gasteiger partial charge in [0.05, 0.1) is 17.1 Å². The molecule has 0 radical (unpaired) electrons. The fraction of sp³-hybridized carbons (Fsp3) is 0.182. The molecule has 2 heterocycles. The van der Waals surface area contributed by atoms with E-state index in [1.54, 1.807) is 6.07 Å². The van der Waals surface area contributed by atoms with E-state index in [1.165, 1.54) is 11.1 Å². The number of phenolic OH excluding ortho intramolecular Hbond substituents is 1. The predicted octanol–water partition coefficient (Wildman–Crippen LogP) is 11.1. The summed E-state index contributed by atoms with van der Waals surface area (Å²) >= 11 is 0. The van der Waals surface area contributed by atoms with Crippen molar-refractivity contribution < 1.29 is 5.11 Å². The summed E-state index contributed by atoms with van der Waals surface area (Å²) < 4.78 is 0. The lowest BCUT2D eigenvalue weighted by atomic mass is 9.79. The van der Waals surface area contributed by atoms with Crippen LogP contribution in [0.4, 0.5) is 0 Å². The van der Waals surface area contributed by atoms with E-state index in [0.717, 1.165) is 50.3 Å². The van der Waals surface area contributed by atoms with E-state index >= 15 is 0 Å². The highest BCUT2D eigenvalue weighted by atomic mass is 16.3. The van der Waals surface area contributed by atoms with Crippen molar-refractivity contribution in [2.75, 3.05) is 0 Å². The van der Waals surface area contributed by atoms with Crippen molar-refractivity contribution in [3.8, 4) is 74.1 Å².